The first-order chi connectivity index (χ1) is 6.29. The second-order valence-electron chi connectivity index (χ2n) is 2.80. The number of alkyl halides is 3. The molecule has 0 saturated carbocycles. The molecule has 0 nitrogen and oxygen atoms in total. The average Bonchev–Trinajstić information content (AvgIpc) is 2.21. The zero-order valence-corrected chi connectivity index (χ0v) is 10.1. The van der Waals surface area contributed by atoms with E-state index in [1.807, 2.05) is 24.3 Å². The van der Waals surface area contributed by atoms with E-state index < -0.39 is 0 Å². The van der Waals surface area contributed by atoms with Crippen molar-refractivity contribution in [1.82, 2.24) is 0 Å². The van der Waals surface area contributed by atoms with Gasteiger partial charge in [-0.15, -0.1) is 23.2 Å². The molecule has 0 N–H and O–H groups in total. The molecule has 0 saturated heterocycles. The van der Waals surface area contributed by atoms with Gasteiger partial charge in [0.1, 0.15) is 0 Å². The van der Waals surface area contributed by atoms with E-state index in [1.54, 1.807) is 0 Å². The Morgan fingerprint density at radius 3 is 2.23 bits per heavy atom. The number of rotatable bonds is 4. The molecule has 1 aromatic carbocycles. The molecule has 1 aromatic rings. The molecule has 1 unspecified atom stereocenters. The van der Waals surface area contributed by atoms with Gasteiger partial charge in [0.25, 0.3) is 0 Å². The largest absolute Gasteiger partial charge is 0.126 e. The van der Waals surface area contributed by atoms with Crippen molar-refractivity contribution in [3.05, 3.63) is 35.9 Å². The van der Waals surface area contributed by atoms with Crippen LogP contribution in [0.4, 0.5) is 0 Å². The highest BCUT2D eigenvalue weighted by molar-refractivity contribution is 9.09. The molecule has 0 heterocycles. The van der Waals surface area contributed by atoms with Crippen LogP contribution in [-0.2, 0) is 0 Å². The Morgan fingerprint density at radius 2 is 1.77 bits per heavy atom. The first-order valence-electron chi connectivity index (χ1n) is 4.01. The quantitative estimate of drug-likeness (QED) is 0.731. The first-order valence-corrected chi connectivity index (χ1v) is 6.00. The van der Waals surface area contributed by atoms with Crippen molar-refractivity contribution >= 4 is 39.1 Å². The number of hydrogen-bond donors (Lipinski definition) is 0. The van der Waals surface area contributed by atoms with Crippen molar-refractivity contribution in [2.24, 2.45) is 5.92 Å². The summed E-state index contributed by atoms with van der Waals surface area (Å²) in [5.74, 6) is 1.40. The fourth-order valence-electron chi connectivity index (χ4n) is 1.05. The molecular formula is C10H10BrCl2. The van der Waals surface area contributed by atoms with Crippen LogP contribution in [-0.4, -0.2) is 11.8 Å². The fraction of sp³-hybridized carbons (Fsp3) is 0.400. The highest BCUT2D eigenvalue weighted by atomic mass is 79.9. The van der Waals surface area contributed by atoms with E-state index in [9.17, 15) is 0 Å². The Bertz CT molecular complexity index is 234. The van der Waals surface area contributed by atoms with Crippen molar-refractivity contribution in [3.63, 3.8) is 0 Å². The SMILES string of the molecule is ClCC(CCl)C(Br)c1cc[c]cc1. The van der Waals surface area contributed by atoms with Crippen molar-refractivity contribution in [2.45, 2.75) is 4.83 Å². The lowest BCUT2D eigenvalue weighted by Crippen LogP contribution is -2.11. The summed E-state index contributed by atoms with van der Waals surface area (Å²) < 4.78 is 0. The third kappa shape index (κ3) is 3.16. The van der Waals surface area contributed by atoms with Gasteiger partial charge in [-0.25, -0.2) is 0 Å². The molecule has 0 aliphatic carbocycles. The molecule has 0 bridgehead atoms. The average molecular weight is 281 g/mol. The van der Waals surface area contributed by atoms with Gasteiger partial charge in [-0.3, -0.25) is 0 Å². The van der Waals surface area contributed by atoms with Gasteiger partial charge in [0.15, 0.2) is 0 Å². The summed E-state index contributed by atoms with van der Waals surface area (Å²) in [5.41, 5.74) is 1.20. The van der Waals surface area contributed by atoms with E-state index in [0.717, 1.165) is 0 Å². The molecule has 1 atom stereocenters. The van der Waals surface area contributed by atoms with Crippen LogP contribution in [0.2, 0.25) is 0 Å². The lowest BCUT2D eigenvalue weighted by Gasteiger charge is -2.17. The summed E-state index contributed by atoms with van der Waals surface area (Å²) in [7, 11) is 0. The lowest BCUT2D eigenvalue weighted by molar-refractivity contribution is 0.656. The van der Waals surface area contributed by atoms with Gasteiger partial charge in [0.05, 0.1) is 0 Å². The van der Waals surface area contributed by atoms with Crippen molar-refractivity contribution in [3.8, 4) is 0 Å². The zero-order valence-electron chi connectivity index (χ0n) is 7.01. The third-order valence-electron chi connectivity index (χ3n) is 1.87. The highest BCUT2D eigenvalue weighted by Gasteiger charge is 2.18. The van der Waals surface area contributed by atoms with Crippen LogP contribution in [0.25, 0.3) is 0 Å². The van der Waals surface area contributed by atoms with Gasteiger partial charge in [-0.2, -0.15) is 0 Å². The standard InChI is InChI=1S/C10H10BrCl2/c11-10(9(6-12)7-13)8-4-2-1-3-5-8/h2-5,9-10H,6-7H2. The van der Waals surface area contributed by atoms with Crippen molar-refractivity contribution in [1.29, 1.82) is 0 Å². The minimum absolute atomic E-state index is 0.233. The highest BCUT2D eigenvalue weighted by Crippen LogP contribution is 2.32. The summed E-state index contributed by atoms with van der Waals surface area (Å²) in [6.45, 7) is 0. The summed E-state index contributed by atoms with van der Waals surface area (Å²) in [5, 5.41) is 0. The predicted molar refractivity (Wildman–Crippen MR) is 61.9 cm³/mol. The minimum Gasteiger partial charge on any atom is -0.126 e. The number of hydrogen-bond acceptors (Lipinski definition) is 0. The summed E-state index contributed by atoms with van der Waals surface area (Å²) in [4.78, 5) is 0.233. The van der Waals surface area contributed by atoms with Crippen LogP contribution in [0.5, 0.6) is 0 Å². The second-order valence-corrected chi connectivity index (χ2v) is 4.41. The van der Waals surface area contributed by atoms with E-state index >= 15 is 0 Å². The zero-order chi connectivity index (χ0) is 9.68. The molecular weight excluding hydrogens is 271 g/mol. The smallest absolute Gasteiger partial charge is 0.0446 e. The Balaban J connectivity index is 2.72. The topological polar surface area (TPSA) is 0 Å². The molecule has 0 aromatic heterocycles. The van der Waals surface area contributed by atoms with Gasteiger partial charge in [0.2, 0.25) is 0 Å². The van der Waals surface area contributed by atoms with Gasteiger partial charge in [-0.05, 0) is 11.6 Å². The van der Waals surface area contributed by atoms with Crippen LogP contribution in [0, 0.1) is 12.0 Å². The van der Waals surface area contributed by atoms with Gasteiger partial charge < -0.3 is 0 Å². The Morgan fingerprint density at radius 1 is 1.23 bits per heavy atom. The van der Waals surface area contributed by atoms with Crippen LogP contribution >= 0.6 is 39.1 Å². The minimum atomic E-state index is 0.233. The Kier molecular flexibility index (Phi) is 5.15. The molecule has 1 rings (SSSR count). The van der Waals surface area contributed by atoms with E-state index in [1.165, 1.54) is 5.56 Å². The molecule has 0 amide bonds. The van der Waals surface area contributed by atoms with Crippen LogP contribution in [0.15, 0.2) is 24.3 Å². The predicted octanol–water partition coefficient (Wildman–Crippen LogP) is 4.02. The maximum Gasteiger partial charge on any atom is 0.0446 e. The van der Waals surface area contributed by atoms with E-state index in [2.05, 4.69) is 22.0 Å². The van der Waals surface area contributed by atoms with Gasteiger partial charge in [-0.1, -0.05) is 40.2 Å². The maximum atomic E-state index is 5.79. The molecule has 71 valence electrons. The van der Waals surface area contributed by atoms with Crippen molar-refractivity contribution in [2.75, 3.05) is 11.8 Å². The summed E-state index contributed by atoms with van der Waals surface area (Å²) in [6.07, 6.45) is 0. The number of halogens is 3. The lowest BCUT2D eigenvalue weighted by atomic mass is 10.0. The molecule has 0 spiro atoms. The summed E-state index contributed by atoms with van der Waals surface area (Å²) >= 11 is 15.2. The Labute approximate surface area is 97.4 Å². The van der Waals surface area contributed by atoms with E-state index in [4.69, 9.17) is 23.2 Å². The molecule has 0 aliphatic rings. The van der Waals surface area contributed by atoms with Crippen LogP contribution in [0.3, 0.4) is 0 Å². The molecule has 0 fully saturated rings. The van der Waals surface area contributed by atoms with Crippen LogP contribution < -0.4 is 0 Å². The number of benzene rings is 1. The summed E-state index contributed by atoms with van der Waals surface area (Å²) in [6, 6.07) is 10.8. The van der Waals surface area contributed by atoms with E-state index in [-0.39, 0.29) is 10.7 Å². The van der Waals surface area contributed by atoms with Crippen LogP contribution in [0.1, 0.15) is 10.4 Å². The monoisotopic (exact) mass is 279 g/mol. The molecule has 1 radical (unpaired) electrons. The Hall–Kier alpha value is 0.280. The maximum absolute atomic E-state index is 5.79. The van der Waals surface area contributed by atoms with E-state index in [0.29, 0.717) is 11.8 Å². The van der Waals surface area contributed by atoms with Crippen molar-refractivity contribution < 1.29 is 0 Å². The fourth-order valence-corrected chi connectivity index (χ4v) is 2.85. The van der Waals surface area contributed by atoms with Gasteiger partial charge in [0, 0.05) is 22.5 Å². The third-order valence-corrected chi connectivity index (χ3v) is 3.94. The molecule has 0 aliphatic heterocycles. The molecule has 13 heavy (non-hydrogen) atoms. The second kappa shape index (κ2) is 5.90. The molecule has 3 heteroatoms. The normalized spacial score (nSPS) is 13.2. The first kappa shape index (κ1) is 11.4. The van der Waals surface area contributed by atoms with Gasteiger partial charge >= 0.3 is 0 Å².